The maximum Gasteiger partial charge on any atom is 0.322 e. The van der Waals surface area contributed by atoms with Crippen LogP contribution in [0.1, 0.15) is 11.6 Å². The minimum atomic E-state index is -3.49. The van der Waals surface area contributed by atoms with Gasteiger partial charge in [0.1, 0.15) is 0 Å². The molecule has 9 heteroatoms. The first kappa shape index (κ1) is 18.6. The molecule has 1 aromatic carbocycles. The topological polar surface area (TPSA) is 91.4 Å². The van der Waals surface area contributed by atoms with Crippen LogP contribution in [0.4, 0.5) is 10.5 Å². The molecule has 138 valence electrons. The molecule has 1 aliphatic heterocycles. The van der Waals surface area contributed by atoms with E-state index in [-0.39, 0.29) is 22.0 Å². The zero-order valence-electron chi connectivity index (χ0n) is 14.1. The highest BCUT2D eigenvalue weighted by Crippen LogP contribution is 2.26. The Morgan fingerprint density at radius 2 is 2.19 bits per heavy atom. The largest absolute Gasteiger partial charge is 0.322 e. The lowest BCUT2D eigenvalue weighted by atomic mass is 10.1. The van der Waals surface area contributed by atoms with Crippen LogP contribution in [-0.2, 0) is 9.84 Å². The first-order valence-electron chi connectivity index (χ1n) is 8.04. The molecule has 2 heterocycles. The molecular weight excluding hydrogens is 376 g/mol. The Morgan fingerprint density at radius 1 is 1.38 bits per heavy atom. The van der Waals surface area contributed by atoms with Gasteiger partial charge in [-0.2, -0.15) is 0 Å². The van der Waals surface area contributed by atoms with Gasteiger partial charge in [-0.25, -0.2) is 13.2 Å². The summed E-state index contributed by atoms with van der Waals surface area (Å²) in [4.78, 5) is 18.6. The molecular formula is C17H19ClN4O3S. The Morgan fingerprint density at radius 3 is 2.88 bits per heavy atom. The molecule has 1 atom stereocenters. The van der Waals surface area contributed by atoms with Gasteiger partial charge in [0.15, 0.2) is 9.84 Å². The van der Waals surface area contributed by atoms with E-state index in [1.807, 2.05) is 12.1 Å². The number of urea groups is 1. The predicted molar refractivity (Wildman–Crippen MR) is 100 cm³/mol. The summed E-state index contributed by atoms with van der Waals surface area (Å²) in [5.41, 5.74) is 1.31. The number of amides is 2. The molecule has 1 saturated heterocycles. The van der Waals surface area contributed by atoms with E-state index in [9.17, 15) is 13.2 Å². The smallest absolute Gasteiger partial charge is 0.315 e. The minimum absolute atomic E-state index is 0.0129. The highest BCUT2D eigenvalue weighted by atomic mass is 35.5. The van der Waals surface area contributed by atoms with Gasteiger partial charge in [0.05, 0.1) is 16.0 Å². The molecule has 0 bridgehead atoms. The third kappa shape index (κ3) is 4.14. The zero-order valence-corrected chi connectivity index (χ0v) is 15.7. The van der Waals surface area contributed by atoms with Crippen molar-refractivity contribution in [3.05, 3.63) is 53.3 Å². The molecule has 1 aliphatic rings. The molecule has 2 aromatic rings. The average Bonchev–Trinajstić information content (AvgIpc) is 2.63. The number of pyridine rings is 1. The molecule has 3 rings (SSSR count). The molecule has 26 heavy (non-hydrogen) atoms. The predicted octanol–water partition coefficient (Wildman–Crippen LogP) is 2.32. The first-order valence-corrected chi connectivity index (χ1v) is 10.3. The van der Waals surface area contributed by atoms with Crippen LogP contribution in [0.15, 0.2) is 47.6 Å². The Labute approximate surface area is 157 Å². The van der Waals surface area contributed by atoms with Crippen molar-refractivity contribution < 1.29 is 13.2 Å². The van der Waals surface area contributed by atoms with Crippen LogP contribution in [0.2, 0.25) is 5.02 Å². The highest BCUT2D eigenvalue weighted by Gasteiger charge is 2.28. The highest BCUT2D eigenvalue weighted by molar-refractivity contribution is 7.90. The van der Waals surface area contributed by atoms with Gasteiger partial charge in [-0.15, -0.1) is 0 Å². The van der Waals surface area contributed by atoms with Crippen LogP contribution in [-0.4, -0.2) is 50.2 Å². The number of carbonyl (C=O) groups is 1. The lowest BCUT2D eigenvalue weighted by molar-refractivity contribution is 0.171. The number of nitrogens with one attached hydrogen (secondary N) is 2. The molecule has 0 saturated carbocycles. The quantitative estimate of drug-likeness (QED) is 0.833. The van der Waals surface area contributed by atoms with Gasteiger partial charge in [-0.1, -0.05) is 17.7 Å². The second-order valence-electron chi connectivity index (χ2n) is 6.05. The number of hydrogen-bond donors (Lipinski definition) is 2. The number of sulfone groups is 1. The number of piperazine rings is 1. The van der Waals surface area contributed by atoms with Crippen molar-refractivity contribution in [3.8, 4) is 0 Å². The number of hydrogen-bond acceptors (Lipinski definition) is 5. The van der Waals surface area contributed by atoms with E-state index in [0.717, 1.165) is 11.8 Å². The van der Waals surface area contributed by atoms with Gasteiger partial charge in [0, 0.05) is 44.0 Å². The van der Waals surface area contributed by atoms with Crippen LogP contribution in [0.5, 0.6) is 0 Å². The van der Waals surface area contributed by atoms with Crippen LogP contribution >= 0.6 is 11.6 Å². The van der Waals surface area contributed by atoms with Crippen molar-refractivity contribution in [1.82, 2.24) is 15.2 Å². The van der Waals surface area contributed by atoms with Crippen molar-refractivity contribution >= 4 is 33.2 Å². The van der Waals surface area contributed by atoms with Crippen molar-refractivity contribution in [1.29, 1.82) is 0 Å². The maximum absolute atomic E-state index is 12.8. The van der Waals surface area contributed by atoms with E-state index in [2.05, 4.69) is 15.6 Å². The second kappa shape index (κ2) is 7.61. The molecule has 1 aromatic heterocycles. The minimum Gasteiger partial charge on any atom is -0.315 e. The molecule has 2 amide bonds. The van der Waals surface area contributed by atoms with E-state index >= 15 is 0 Å². The summed E-state index contributed by atoms with van der Waals surface area (Å²) in [5, 5.41) is 6.16. The van der Waals surface area contributed by atoms with Crippen molar-refractivity contribution in [2.75, 3.05) is 31.2 Å². The number of carbonyl (C=O) groups excluding carboxylic acids is 1. The Bertz CT molecular complexity index is 905. The van der Waals surface area contributed by atoms with E-state index in [0.29, 0.717) is 25.3 Å². The summed E-state index contributed by atoms with van der Waals surface area (Å²) in [6, 6.07) is 7.71. The Kier molecular flexibility index (Phi) is 5.45. The first-order chi connectivity index (χ1) is 12.4. The van der Waals surface area contributed by atoms with Gasteiger partial charge >= 0.3 is 6.03 Å². The number of benzene rings is 1. The van der Waals surface area contributed by atoms with E-state index < -0.39 is 9.84 Å². The number of aromatic nitrogens is 1. The normalized spacial score (nSPS) is 17.8. The van der Waals surface area contributed by atoms with Crippen LogP contribution in [0, 0.1) is 0 Å². The lowest BCUT2D eigenvalue weighted by Crippen LogP contribution is -2.50. The summed E-state index contributed by atoms with van der Waals surface area (Å²) in [6.45, 7) is 1.83. The SMILES string of the molecule is CS(=O)(=O)c1cc(NC(=O)N2CCNCC2c2cccnc2)ccc1Cl. The van der Waals surface area contributed by atoms with E-state index in [1.165, 1.54) is 12.1 Å². The summed E-state index contributed by atoms with van der Waals surface area (Å²) in [5.74, 6) is 0. The fourth-order valence-electron chi connectivity index (χ4n) is 2.88. The average molecular weight is 395 g/mol. The monoisotopic (exact) mass is 394 g/mol. The van der Waals surface area contributed by atoms with E-state index in [1.54, 1.807) is 23.4 Å². The fourth-order valence-corrected chi connectivity index (χ4v) is 4.18. The zero-order chi connectivity index (χ0) is 18.7. The lowest BCUT2D eigenvalue weighted by Gasteiger charge is -2.36. The summed E-state index contributed by atoms with van der Waals surface area (Å²) in [6.07, 6.45) is 4.50. The molecule has 7 nitrogen and oxygen atoms in total. The van der Waals surface area contributed by atoms with Crippen molar-refractivity contribution in [2.45, 2.75) is 10.9 Å². The maximum atomic E-state index is 12.8. The fraction of sp³-hybridized carbons (Fsp3) is 0.294. The van der Waals surface area contributed by atoms with Crippen molar-refractivity contribution in [3.63, 3.8) is 0 Å². The Hall–Kier alpha value is -2.16. The third-order valence-corrected chi connectivity index (χ3v) is 5.73. The number of nitrogens with zero attached hydrogens (tertiary/aromatic N) is 2. The molecule has 0 aliphatic carbocycles. The third-order valence-electron chi connectivity index (χ3n) is 4.16. The van der Waals surface area contributed by atoms with Gasteiger partial charge in [0.2, 0.25) is 0 Å². The van der Waals surface area contributed by atoms with Crippen molar-refractivity contribution in [2.24, 2.45) is 0 Å². The van der Waals surface area contributed by atoms with Crippen LogP contribution < -0.4 is 10.6 Å². The summed E-state index contributed by atoms with van der Waals surface area (Å²) in [7, 11) is -3.49. The number of anilines is 1. The van der Waals surface area contributed by atoms with Gasteiger partial charge in [0.25, 0.3) is 0 Å². The van der Waals surface area contributed by atoms with Gasteiger partial charge in [-0.3, -0.25) is 4.98 Å². The van der Waals surface area contributed by atoms with E-state index in [4.69, 9.17) is 11.6 Å². The molecule has 2 N–H and O–H groups in total. The summed E-state index contributed by atoms with van der Waals surface area (Å²) < 4.78 is 23.6. The second-order valence-corrected chi connectivity index (χ2v) is 8.44. The standard InChI is InChI=1S/C17H19ClN4O3S/c1-26(24,25)16-9-13(4-5-14(16)18)21-17(23)22-8-7-20-11-15(22)12-3-2-6-19-10-12/h2-6,9-10,15,20H,7-8,11H2,1H3,(H,21,23). The van der Waals surface area contributed by atoms with Gasteiger partial charge in [-0.05, 0) is 29.8 Å². The molecule has 1 fully saturated rings. The Balaban J connectivity index is 1.82. The number of halogens is 1. The molecule has 0 spiro atoms. The number of rotatable bonds is 3. The van der Waals surface area contributed by atoms with Gasteiger partial charge < -0.3 is 15.5 Å². The van der Waals surface area contributed by atoms with Crippen LogP contribution in [0.25, 0.3) is 0 Å². The molecule has 0 radical (unpaired) electrons. The van der Waals surface area contributed by atoms with Crippen LogP contribution in [0.3, 0.4) is 0 Å². The summed E-state index contributed by atoms with van der Waals surface area (Å²) >= 11 is 5.95. The molecule has 1 unspecified atom stereocenters.